The largest absolute Gasteiger partial charge is 0.445 e. The zero-order valence-electron chi connectivity index (χ0n) is 12.1. The Morgan fingerprint density at radius 1 is 1.14 bits per heavy atom. The maximum absolute atomic E-state index is 13.3. The molecule has 21 heavy (non-hydrogen) atoms. The Labute approximate surface area is 123 Å². The Bertz CT molecular complexity index is 611. The number of nitrogens with one attached hydrogen (secondary N) is 1. The van der Waals surface area contributed by atoms with E-state index in [1.807, 2.05) is 30.3 Å². The lowest BCUT2D eigenvalue weighted by molar-refractivity contribution is 0.129. The van der Waals surface area contributed by atoms with Gasteiger partial charge in [0, 0.05) is 0 Å². The van der Waals surface area contributed by atoms with Gasteiger partial charge in [-0.3, -0.25) is 0 Å². The molecule has 0 saturated heterocycles. The van der Waals surface area contributed by atoms with E-state index in [0.29, 0.717) is 5.56 Å². The molecule has 0 unspecified atom stereocenters. The number of halogens is 1. The normalized spacial score (nSPS) is 11.0. The van der Waals surface area contributed by atoms with Crippen molar-refractivity contribution in [1.82, 2.24) is 5.32 Å². The van der Waals surface area contributed by atoms with Crippen LogP contribution in [0.3, 0.4) is 0 Å². The number of hydrogen-bond acceptors (Lipinski definition) is 2. The van der Waals surface area contributed by atoms with Crippen LogP contribution in [0.25, 0.3) is 0 Å². The number of ether oxygens (including phenoxy) is 1. The molecule has 1 amide bonds. The fraction of sp³-hybridized carbons (Fsp3) is 0.235. The second kappa shape index (κ2) is 6.39. The summed E-state index contributed by atoms with van der Waals surface area (Å²) in [4.78, 5) is 11.9. The van der Waals surface area contributed by atoms with Crippen LogP contribution in [0, 0.1) is 5.82 Å². The summed E-state index contributed by atoms with van der Waals surface area (Å²) in [6, 6.07) is 15.6. The van der Waals surface area contributed by atoms with Crippen LogP contribution in [0.4, 0.5) is 9.18 Å². The zero-order chi connectivity index (χ0) is 15.3. The highest BCUT2D eigenvalue weighted by atomic mass is 19.1. The topological polar surface area (TPSA) is 38.3 Å². The summed E-state index contributed by atoms with van der Waals surface area (Å²) in [6.45, 7) is 3.79. The molecule has 0 fully saturated rings. The molecule has 3 nitrogen and oxygen atoms in total. The molecule has 0 aliphatic rings. The van der Waals surface area contributed by atoms with Crippen LogP contribution in [0.15, 0.2) is 54.6 Å². The summed E-state index contributed by atoms with van der Waals surface area (Å²) in [5, 5.41) is 2.74. The van der Waals surface area contributed by atoms with E-state index in [0.717, 1.165) is 5.56 Å². The maximum atomic E-state index is 13.3. The molecule has 0 heterocycles. The molecule has 0 aromatic heterocycles. The Balaban J connectivity index is 1.95. The molecule has 0 atom stereocenters. The number of rotatable bonds is 4. The molecule has 1 N–H and O–H groups in total. The number of hydrogen-bond donors (Lipinski definition) is 1. The lowest BCUT2D eigenvalue weighted by Crippen LogP contribution is -2.41. The first-order valence-electron chi connectivity index (χ1n) is 6.72. The predicted octanol–water partition coefficient (Wildman–Crippen LogP) is 3.99. The van der Waals surface area contributed by atoms with Gasteiger partial charge in [-0.15, -0.1) is 0 Å². The van der Waals surface area contributed by atoms with Crippen LogP contribution in [0.5, 0.6) is 0 Å². The predicted molar refractivity (Wildman–Crippen MR) is 79.2 cm³/mol. The zero-order valence-corrected chi connectivity index (χ0v) is 12.1. The minimum atomic E-state index is -0.712. The first-order chi connectivity index (χ1) is 9.97. The average Bonchev–Trinajstić information content (AvgIpc) is 2.46. The third kappa shape index (κ3) is 4.31. The number of benzene rings is 2. The van der Waals surface area contributed by atoms with Crippen molar-refractivity contribution in [3.05, 3.63) is 71.5 Å². The van der Waals surface area contributed by atoms with E-state index in [1.54, 1.807) is 26.0 Å². The van der Waals surface area contributed by atoms with Gasteiger partial charge in [0.05, 0.1) is 5.54 Å². The van der Waals surface area contributed by atoms with Crippen LogP contribution in [0.1, 0.15) is 25.0 Å². The van der Waals surface area contributed by atoms with Crippen molar-refractivity contribution in [1.29, 1.82) is 0 Å². The van der Waals surface area contributed by atoms with Gasteiger partial charge in [-0.1, -0.05) is 42.5 Å². The fourth-order valence-corrected chi connectivity index (χ4v) is 1.96. The smallest absolute Gasteiger partial charge is 0.408 e. The molecule has 0 aliphatic heterocycles. The van der Waals surface area contributed by atoms with Crippen LogP contribution in [-0.2, 0) is 16.9 Å². The van der Waals surface area contributed by atoms with E-state index in [4.69, 9.17) is 4.74 Å². The SMILES string of the molecule is CC(C)(NC(=O)OCc1ccccc1)c1cccc(F)c1. The van der Waals surface area contributed by atoms with Crippen LogP contribution in [-0.4, -0.2) is 6.09 Å². The monoisotopic (exact) mass is 287 g/mol. The third-order valence-electron chi connectivity index (χ3n) is 3.17. The summed E-state index contributed by atoms with van der Waals surface area (Å²) in [5.41, 5.74) is 0.881. The second-order valence-electron chi connectivity index (χ2n) is 5.32. The lowest BCUT2D eigenvalue weighted by atomic mass is 9.94. The number of carbonyl (C=O) groups is 1. The van der Waals surface area contributed by atoms with Crippen molar-refractivity contribution in [3.63, 3.8) is 0 Å². The Morgan fingerprint density at radius 3 is 2.52 bits per heavy atom. The van der Waals surface area contributed by atoms with E-state index in [9.17, 15) is 9.18 Å². The molecular weight excluding hydrogens is 269 g/mol. The van der Waals surface area contributed by atoms with Crippen molar-refractivity contribution in [3.8, 4) is 0 Å². The summed E-state index contributed by atoms with van der Waals surface area (Å²) >= 11 is 0. The van der Waals surface area contributed by atoms with Crippen molar-refractivity contribution in [2.45, 2.75) is 26.0 Å². The van der Waals surface area contributed by atoms with E-state index >= 15 is 0 Å². The van der Waals surface area contributed by atoms with Crippen molar-refractivity contribution in [2.24, 2.45) is 0 Å². The quantitative estimate of drug-likeness (QED) is 0.923. The van der Waals surface area contributed by atoms with Gasteiger partial charge in [0.15, 0.2) is 0 Å². The Hall–Kier alpha value is -2.36. The number of amides is 1. The van der Waals surface area contributed by atoms with E-state index < -0.39 is 11.6 Å². The molecule has 0 spiro atoms. The van der Waals surface area contributed by atoms with Crippen molar-refractivity contribution < 1.29 is 13.9 Å². The molecule has 0 aliphatic carbocycles. The molecule has 0 saturated carbocycles. The summed E-state index contributed by atoms with van der Waals surface area (Å²) in [6.07, 6.45) is -0.534. The summed E-state index contributed by atoms with van der Waals surface area (Å²) in [7, 11) is 0. The van der Waals surface area contributed by atoms with E-state index in [-0.39, 0.29) is 12.4 Å². The van der Waals surface area contributed by atoms with E-state index in [1.165, 1.54) is 12.1 Å². The van der Waals surface area contributed by atoms with Gasteiger partial charge in [0.25, 0.3) is 0 Å². The average molecular weight is 287 g/mol. The summed E-state index contributed by atoms with van der Waals surface area (Å²) < 4.78 is 18.4. The lowest BCUT2D eigenvalue weighted by Gasteiger charge is -2.26. The molecule has 110 valence electrons. The second-order valence-corrected chi connectivity index (χ2v) is 5.32. The minimum Gasteiger partial charge on any atom is -0.445 e. The van der Waals surface area contributed by atoms with Crippen LogP contribution < -0.4 is 5.32 Å². The molecule has 2 aromatic carbocycles. The first kappa shape index (κ1) is 15.0. The highest BCUT2D eigenvalue weighted by Gasteiger charge is 2.23. The highest BCUT2D eigenvalue weighted by Crippen LogP contribution is 2.20. The standard InChI is InChI=1S/C17H18FNO2/c1-17(2,14-9-6-10-15(18)11-14)19-16(20)21-12-13-7-4-3-5-8-13/h3-11H,12H2,1-2H3,(H,19,20). The van der Waals surface area contributed by atoms with Gasteiger partial charge >= 0.3 is 6.09 Å². The van der Waals surface area contributed by atoms with Crippen LogP contribution >= 0.6 is 0 Å². The third-order valence-corrected chi connectivity index (χ3v) is 3.17. The van der Waals surface area contributed by atoms with E-state index in [2.05, 4.69) is 5.32 Å². The Morgan fingerprint density at radius 2 is 1.86 bits per heavy atom. The van der Waals surface area contributed by atoms with Gasteiger partial charge in [-0.25, -0.2) is 9.18 Å². The molecule has 0 bridgehead atoms. The molecule has 2 aromatic rings. The number of alkyl carbamates (subject to hydrolysis) is 1. The Kier molecular flexibility index (Phi) is 4.58. The minimum absolute atomic E-state index is 0.200. The number of carbonyl (C=O) groups excluding carboxylic acids is 1. The maximum Gasteiger partial charge on any atom is 0.408 e. The summed E-state index contributed by atoms with van der Waals surface area (Å²) in [5.74, 6) is -0.333. The molecule has 2 rings (SSSR count). The van der Waals surface area contributed by atoms with Gasteiger partial charge in [0.2, 0.25) is 0 Å². The molecular formula is C17H18FNO2. The van der Waals surface area contributed by atoms with Gasteiger partial charge < -0.3 is 10.1 Å². The van der Waals surface area contributed by atoms with Crippen LogP contribution in [0.2, 0.25) is 0 Å². The van der Waals surface area contributed by atoms with Gasteiger partial charge in [-0.2, -0.15) is 0 Å². The van der Waals surface area contributed by atoms with Gasteiger partial charge in [0.1, 0.15) is 12.4 Å². The van der Waals surface area contributed by atoms with Gasteiger partial charge in [-0.05, 0) is 37.1 Å². The molecule has 0 radical (unpaired) electrons. The van der Waals surface area contributed by atoms with Crippen molar-refractivity contribution >= 4 is 6.09 Å². The molecule has 4 heteroatoms. The van der Waals surface area contributed by atoms with Crippen molar-refractivity contribution in [2.75, 3.05) is 0 Å². The first-order valence-corrected chi connectivity index (χ1v) is 6.72. The fourth-order valence-electron chi connectivity index (χ4n) is 1.96. The highest BCUT2D eigenvalue weighted by molar-refractivity contribution is 5.68.